The number of imide groups is 1. The molecule has 0 spiro atoms. The van der Waals surface area contributed by atoms with Crippen LogP contribution in [0, 0.1) is 11.8 Å². The zero-order valence-corrected chi connectivity index (χ0v) is 14.9. The fraction of sp³-hybridized carbons (Fsp3) is 0.211. The summed E-state index contributed by atoms with van der Waals surface area (Å²) >= 11 is 2.50. The van der Waals surface area contributed by atoms with Crippen LogP contribution in [-0.2, 0) is 4.79 Å². The van der Waals surface area contributed by atoms with Gasteiger partial charge >= 0.3 is 0 Å². The molecule has 124 valence electrons. The average Bonchev–Trinajstić information content (AvgIpc) is 3.11. The lowest BCUT2D eigenvalue weighted by Gasteiger charge is -2.22. The zero-order valence-electron chi connectivity index (χ0n) is 13.2. The van der Waals surface area contributed by atoms with Crippen molar-refractivity contribution in [3.8, 4) is 11.8 Å². The van der Waals surface area contributed by atoms with Gasteiger partial charge in [-0.1, -0.05) is 24.5 Å². The molecule has 0 radical (unpaired) electrons. The van der Waals surface area contributed by atoms with Gasteiger partial charge < -0.3 is 0 Å². The van der Waals surface area contributed by atoms with Gasteiger partial charge in [0.1, 0.15) is 0 Å². The highest BCUT2D eigenvalue weighted by Crippen LogP contribution is 2.36. The number of nitrogens with one attached hydrogen (secondary N) is 1. The van der Waals surface area contributed by atoms with Crippen LogP contribution < -0.4 is 5.32 Å². The monoisotopic (exact) mass is 366 g/mol. The summed E-state index contributed by atoms with van der Waals surface area (Å²) in [6.45, 7) is 0. The Morgan fingerprint density at radius 3 is 2.84 bits per heavy atom. The number of thioether (sulfide) groups is 1. The van der Waals surface area contributed by atoms with Gasteiger partial charge in [-0.05, 0) is 54.3 Å². The van der Waals surface area contributed by atoms with Crippen molar-refractivity contribution >= 4 is 40.3 Å². The molecule has 0 bridgehead atoms. The molecule has 25 heavy (non-hydrogen) atoms. The molecule has 4 rings (SSSR count). The van der Waals surface area contributed by atoms with Crippen molar-refractivity contribution in [1.29, 1.82) is 0 Å². The van der Waals surface area contributed by atoms with Gasteiger partial charge in [0.2, 0.25) is 0 Å². The molecule has 2 heterocycles. The van der Waals surface area contributed by atoms with E-state index in [1.54, 1.807) is 17.4 Å². The first-order chi connectivity index (χ1) is 12.2. The lowest BCUT2D eigenvalue weighted by atomic mass is 9.83. The Balaban J connectivity index is 1.52. The Hall–Kier alpha value is -2.36. The third-order valence-corrected chi connectivity index (χ3v) is 5.77. The van der Waals surface area contributed by atoms with E-state index in [2.05, 4.69) is 27.5 Å². The summed E-state index contributed by atoms with van der Waals surface area (Å²) in [7, 11) is 0. The molecule has 1 saturated carbocycles. The number of nitrogens with zero attached hydrogens (tertiary/aromatic N) is 1. The maximum Gasteiger partial charge on any atom is 0.290 e. The molecule has 6 heteroatoms. The summed E-state index contributed by atoms with van der Waals surface area (Å²) < 4.78 is 0. The molecule has 1 N–H and O–H groups in total. The van der Waals surface area contributed by atoms with Crippen molar-refractivity contribution in [2.75, 3.05) is 0 Å². The lowest BCUT2D eigenvalue weighted by Crippen LogP contribution is -2.17. The van der Waals surface area contributed by atoms with Crippen LogP contribution in [-0.4, -0.2) is 16.1 Å². The van der Waals surface area contributed by atoms with Crippen LogP contribution in [0.2, 0.25) is 0 Å². The molecule has 2 amide bonds. The summed E-state index contributed by atoms with van der Waals surface area (Å²) in [6, 6.07) is 7.59. The predicted molar refractivity (Wildman–Crippen MR) is 100 cm³/mol. The average molecular weight is 366 g/mol. The van der Waals surface area contributed by atoms with Crippen LogP contribution in [0.5, 0.6) is 0 Å². The summed E-state index contributed by atoms with van der Waals surface area (Å²) in [6.07, 6.45) is 5.48. The van der Waals surface area contributed by atoms with Gasteiger partial charge in [0, 0.05) is 16.9 Å². The third kappa shape index (κ3) is 3.68. The largest absolute Gasteiger partial charge is 0.290 e. The number of carbonyl (C=O) groups is 2. The van der Waals surface area contributed by atoms with Gasteiger partial charge in [0.15, 0.2) is 5.01 Å². The van der Waals surface area contributed by atoms with E-state index >= 15 is 0 Å². The minimum atomic E-state index is -0.349. The number of aromatic nitrogens is 1. The number of rotatable bonds is 2. The van der Waals surface area contributed by atoms with Crippen molar-refractivity contribution in [2.24, 2.45) is 0 Å². The van der Waals surface area contributed by atoms with Gasteiger partial charge in [0.25, 0.3) is 11.1 Å². The molecule has 1 aliphatic carbocycles. The van der Waals surface area contributed by atoms with E-state index in [-0.39, 0.29) is 11.1 Å². The van der Waals surface area contributed by atoms with E-state index in [1.165, 1.54) is 25.0 Å². The first-order valence-electron chi connectivity index (χ1n) is 8.00. The summed E-state index contributed by atoms with van der Waals surface area (Å²) in [5.41, 5.74) is 2.87. The van der Waals surface area contributed by atoms with Crippen molar-refractivity contribution in [1.82, 2.24) is 10.3 Å². The van der Waals surface area contributed by atoms with E-state index < -0.39 is 0 Å². The third-order valence-electron chi connectivity index (χ3n) is 4.19. The van der Waals surface area contributed by atoms with E-state index in [4.69, 9.17) is 0 Å². The lowest BCUT2D eigenvalue weighted by molar-refractivity contribution is -0.115. The second kappa shape index (κ2) is 6.87. The highest BCUT2D eigenvalue weighted by atomic mass is 32.2. The van der Waals surface area contributed by atoms with Crippen LogP contribution >= 0.6 is 23.1 Å². The molecule has 1 aliphatic heterocycles. The molecule has 1 aromatic carbocycles. The molecule has 1 aromatic heterocycles. The first kappa shape index (κ1) is 16.1. The zero-order chi connectivity index (χ0) is 17.2. The van der Waals surface area contributed by atoms with Crippen molar-refractivity contribution < 1.29 is 9.59 Å². The van der Waals surface area contributed by atoms with Gasteiger partial charge in [-0.25, -0.2) is 4.98 Å². The van der Waals surface area contributed by atoms with E-state index in [9.17, 15) is 9.59 Å². The van der Waals surface area contributed by atoms with Crippen LogP contribution in [0.3, 0.4) is 0 Å². The summed E-state index contributed by atoms with van der Waals surface area (Å²) in [5.74, 6) is 6.52. The molecular weight excluding hydrogens is 352 g/mol. The van der Waals surface area contributed by atoms with E-state index in [0.717, 1.165) is 27.9 Å². The van der Waals surface area contributed by atoms with Crippen LogP contribution in [0.25, 0.3) is 6.08 Å². The van der Waals surface area contributed by atoms with Crippen LogP contribution in [0.15, 0.2) is 34.6 Å². The quantitative estimate of drug-likeness (QED) is 0.641. The molecule has 2 aliphatic rings. The normalized spacial score (nSPS) is 18.6. The molecule has 2 aromatic rings. The molecule has 4 nitrogen and oxygen atoms in total. The van der Waals surface area contributed by atoms with Gasteiger partial charge in [0.05, 0.1) is 10.6 Å². The highest BCUT2D eigenvalue weighted by Gasteiger charge is 2.25. The Labute approximate surface area is 153 Å². The Morgan fingerprint density at radius 2 is 2.12 bits per heavy atom. The second-order valence-electron chi connectivity index (χ2n) is 5.93. The minimum Gasteiger partial charge on any atom is -0.282 e. The van der Waals surface area contributed by atoms with Crippen molar-refractivity contribution in [2.45, 2.75) is 25.2 Å². The fourth-order valence-corrected chi connectivity index (χ4v) is 4.07. The second-order valence-corrected chi connectivity index (χ2v) is 7.81. The number of thiazole rings is 1. The summed E-state index contributed by atoms with van der Waals surface area (Å²) in [4.78, 5) is 27.8. The topological polar surface area (TPSA) is 59.1 Å². The minimum absolute atomic E-state index is 0.335. The Bertz CT molecular complexity index is 946. The van der Waals surface area contributed by atoms with Crippen LogP contribution in [0.1, 0.15) is 47.0 Å². The van der Waals surface area contributed by atoms with E-state index in [1.807, 2.05) is 24.3 Å². The standard InChI is InChI=1S/C19H14N2O2S2/c22-18-16(25-19(23)21-18)10-13-4-1-3-12(9-13)7-8-17-20-15(11-24-17)14-5-2-6-14/h1,3-4,9-11,14H,2,5-6H2,(H,21,22,23). The first-order valence-corrected chi connectivity index (χ1v) is 9.69. The molecule has 1 saturated heterocycles. The van der Waals surface area contributed by atoms with E-state index in [0.29, 0.717) is 10.8 Å². The van der Waals surface area contributed by atoms with Crippen LogP contribution in [0.4, 0.5) is 4.79 Å². The number of benzene rings is 1. The molecule has 2 fully saturated rings. The number of amides is 2. The molecular formula is C19H14N2O2S2. The SMILES string of the molecule is O=C1NC(=O)C(=Cc2cccc(C#Cc3nc(C4CCC4)cs3)c2)S1. The van der Waals surface area contributed by atoms with Gasteiger partial charge in [-0.3, -0.25) is 14.9 Å². The van der Waals surface area contributed by atoms with Gasteiger partial charge in [-0.15, -0.1) is 11.3 Å². The van der Waals surface area contributed by atoms with Crippen molar-refractivity contribution in [3.63, 3.8) is 0 Å². The summed E-state index contributed by atoms with van der Waals surface area (Å²) in [5, 5.41) is 4.86. The molecule has 0 unspecified atom stereocenters. The number of hydrogen-bond acceptors (Lipinski definition) is 5. The smallest absolute Gasteiger partial charge is 0.282 e. The Morgan fingerprint density at radius 1 is 1.24 bits per heavy atom. The number of hydrogen-bond donors (Lipinski definition) is 1. The molecule has 0 atom stereocenters. The number of carbonyl (C=O) groups excluding carboxylic acids is 2. The maximum absolute atomic E-state index is 11.6. The highest BCUT2D eigenvalue weighted by molar-refractivity contribution is 8.18. The van der Waals surface area contributed by atoms with Gasteiger partial charge in [-0.2, -0.15) is 0 Å². The van der Waals surface area contributed by atoms with Crippen molar-refractivity contribution in [3.05, 3.63) is 56.4 Å². The predicted octanol–water partition coefficient (Wildman–Crippen LogP) is 4.13. The maximum atomic E-state index is 11.6. The Kier molecular flexibility index (Phi) is 4.43. The fourth-order valence-electron chi connectivity index (χ4n) is 2.64.